The van der Waals surface area contributed by atoms with Gasteiger partial charge in [-0.15, -0.1) is 13.2 Å². The number of hydrogen-bond acceptors (Lipinski definition) is 6. The molecule has 9 nitrogen and oxygen atoms in total. The Hall–Kier alpha value is -3.17. The van der Waals surface area contributed by atoms with Crippen LogP contribution in [-0.4, -0.2) is 89.8 Å². The van der Waals surface area contributed by atoms with Gasteiger partial charge in [0.2, 0.25) is 17.7 Å². The van der Waals surface area contributed by atoms with Gasteiger partial charge in [-0.05, 0) is 56.9 Å². The molecule has 40 heavy (non-hydrogen) atoms. The molecular weight excluding hydrogens is 510 g/mol. The molecule has 2 bridgehead atoms. The Bertz CT molecular complexity index is 1090. The number of benzene rings is 1. The second-order valence-corrected chi connectivity index (χ2v) is 10.8. The van der Waals surface area contributed by atoms with Crippen LogP contribution < -0.4 is 9.64 Å². The maximum Gasteiger partial charge on any atom is 0.248 e. The first-order chi connectivity index (χ1) is 19.4. The van der Waals surface area contributed by atoms with Crippen LogP contribution >= 0.6 is 0 Å². The van der Waals surface area contributed by atoms with Gasteiger partial charge in [-0.2, -0.15) is 0 Å². The third-order valence-corrected chi connectivity index (χ3v) is 8.36. The summed E-state index contributed by atoms with van der Waals surface area (Å²) in [6.07, 6.45) is 6.13. The van der Waals surface area contributed by atoms with E-state index in [1.165, 1.54) is 0 Å². The zero-order chi connectivity index (χ0) is 28.9. The molecule has 5 atom stereocenters. The first-order valence-electron chi connectivity index (χ1n) is 14.5. The fraction of sp³-hybridized carbons (Fsp3) is 0.581. The Morgan fingerprint density at radius 1 is 1.15 bits per heavy atom. The Kier molecular flexibility index (Phi) is 9.68. The molecule has 218 valence electrons. The van der Waals surface area contributed by atoms with E-state index in [9.17, 15) is 19.5 Å². The largest absolute Gasteiger partial charge is 0.494 e. The summed E-state index contributed by atoms with van der Waals surface area (Å²) < 4.78 is 12.1. The predicted octanol–water partition coefficient (Wildman–Crippen LogP) is 3.18. The molecule has 3 heterocycles. The van der Waals surface area contributed by atoms with Gasteiger partial charge in [0.15, 0.2) is 0 Å². The molecule has 3 fully saturated rings. The zero-order valence-electron chi connectivity index (χ0n) is 23.8. The number of aliphatic hydroxyl groups is 1. The van der Waals surface area contributed by atoms with Gasteiger partial charge < -0.3 is 29.3 Å². The van der Waals surface area contributed by atoms with Crippen molar-refractivity contribution in [2.75, 3.05) is 44.3 Å². The maximum atomic E-state index is 14.2. The lowest BCUT2D eigenvalue weighted by molar-refractivity contribution is -0.147. The fourth-order valence-corrected chi connectivity index (χ4v) is 6.69. The van der Waals surface area contributed by atoms with Gasteiger partial charge in [0.05, 0.1) is 24.5 Å². The third-order valence-electron chi connectivity index (χ3n) is 8.36. The number of anilines is 1. The number of aliphatic hydroxyl groups excluding tert-OH is 1. The molecule has 3 aliphatic rings. The van der Waals surface area contributed by atoms with Crippen molar-refractivity contribution in [2.24, 2.45) is 11.8 Å². The zero-order valence-corrected chi connectivity index (χ0v) is 23.8. The van der Waals surface area contributed by atoms with E-state index < -0.39 is 29.6 Å². The lowest BCUT2D eigenvalue weighted by Crippen LogP contribution is -2.56. The molecule has 9 heteroatoms. The number of carbonyl (C=O) groups excluding carboxylic acids is 3. The molecule has 4 rings (SSSR count). The van der Waals surface area contributed by atoms with Crippen molar-refractivity contribution < 1.29 is 29.0 Å². The summed E-state index contributed by atoms with van der Waals surface area (Å²) in [6, 6.07) is 6.45. The van der Waals surface area contributed by atoms with Gasteiger partial charge in [-0.3, -0.25) is 14.4 Å². The van der Waals surface area contributed by atoms with Crippen molar-refractivity contribution >= 4 is 23.4 Å². The van der Waals surface area contributed by atoms with E-state index in [4.69, 9.17) is 9.47 Å². The second-order valence-electron chi connectivity index (χ2n) is 10.8. The van der Waals surface area contributed by atoms with Crippen LogP contribution in [0, 0.1) is 11.8 Å². The minimum Gasteiger partial charge on any atom is -0.494 e. The molecule has 2 unspecified atom stereocenters. The first-order valence-corrected chi connectivity index (χ1v) is 14.5. The standard InChI is InChI=1S/C31H43N3O6/c1-5-9-19-32(17-6-2)30(38)27-31-16-15-24(40-31)25(26(31)29(37)34(27)20-10-21-35)28(36)33(18-7-3)22-11-13-23(14-12-22)39-8-4/h6-7,11-14,24-27,35H,2-3,5,8-10,15-21H2,1,4H3/t24-,25+,26+,27?,31?/m1/s1. The third kappa shape index (κ3) is 5.29. The van der Waals surface area contributed by atoms with Crippen LogP contribution in [0.1, 0.15) is 46.0 Å². The Morgan fingerprint density at radius 3 is 2.50 bits per heavy atom. The van der Waals surface area contributed by atoms with E-state index >= 15 is 0 Å². The highest BCUT2D eigenvalue weighted by Crippen LogP contribution is 2.59. The van der Waals surface area contributed by atoms with Gasteiger partial charge in [0.1, 0.15) is 17.4 Å². The molecule has 3 saturated heterocycles. The summed E-state index contributed by atoms with van der Waals surface area (Å²) in [5.74, 6) is -1.41. The van der Waals surface area contributed by atoms with E-state index in [1.807, 2.05) is 31.2 Å². The number of rotatable bonds is 15. The maximum absolute atomic E-state index is 14.2. The minimum atomic E-state index is -1.07. The topological polar surface area (TPSA) is 99.6 Å². The predicted molar refractivity (Wildman–Crippen MR) is 153 cm³/mol. The number of carbonyl (C=O) groups is 3. The number of unbranched alkanes of at least 4 members (excludes halogenated alkanes) is 1. The average molecular weight is 554 g/mol. The minimum absolute atomic E-state index is 0.106. The van der Waals surface area contributed by atoms with E-state index in [2.05, 4.69) is 20.1 Å². The molecule has 1 spiro atoms. The number of nitrogens with zero attached hydrogens (tertiary/aromatic N) is 3. The molecule has 0 aromatic heterocycles. The van der Waals surface area contributed by atoms with Gasteiger partial charge in [-0.25, -0.2) is 0 Å². The molecule has 0 saturated carbocycles. The molecule has 1 aromatic carbocycles. The van der Waals surface area contributed by atoms with E-state index in [0.29, 0.717) is 50.4 Å². The molecule has 1 aromatic rings. The molecule has 3 amide bonds. The number of hydrogen-bond donors (Lipinski definition) is 1. The van der Waals surface area contributed by atoms with Crippen molar-refractivity contribution in [3.63, 3.8) is 0 Å². The summed E-state index contributed by atoms with van der Waals surface area (Å²) in [7, 11) is 0. The van der Waals surface area contributed by atoms with Crippen molar-refractivity contribution in [2.45, 2.75) is 63.7 Å². The summed E-state index contributed by atoms with van der Waals surface area (Å²) in [5, 5.41) is 9.57. The van der Waals surface area contributed by atoms with Crippen LogP contribution in [-0.2, 0) is 19.1 Å². The lowest BCUT2D eigenvalue weighted by atomic mass is 9.70. The number of ether oxygens (including phenoxy) is 2. The van der Waals surface area contributed by atoms with Crippen LogP contribution in [0.4, 0.5) is 5.69 Å². The summed E-state index contributed by atoms with van der Waals surface area (Å²) >= 11 is 0. The quantitative estimate of drug-likeness (QED) is 0.335. The highest BCUT2D eigenvalue weighted by molar-refractivity contribution is 6.03. The number of amides is 3. The second kappa shape index (κ2) is 13.0. The molecule has 1 N–H and O–H groups in total. The Morgan fingerprint density at radius 2 is 1.88 bits per heavy atom. The average Bonchev–Trinajstić information content (AvgIpc) is 3.60. The van der Waals surface area contributed by atoms with Gasteiger partial charge in [-0.1, -0.05) is 25.5 Å². The number of fused-ring (bicyclic) bond motifs is 1. The monoisotopic (exact) mass is 553 g/mol. The smallest absolute Gasteiger partial charge is 0.248 e. The summed E-state index contributed by atoms with van der Waals surface area (Å²) in [5.41, 5.74) is -0.393. The van der Waals surface area contributed by atoms with Crippen LogP contribution in [0.3, 0.4) is 0 Å². The van der Waals surface area contributed by atoms with E-state index in [1.54, 1.807) is 26.9 Å². The van der Waals surface area contributed by atoms with Crippen LogP contribution in [0.25, 0.3) is 0 Å². The van der Waals surface area contributed by atoms with Gasteiger partial charge in [0, 0.05) is 38.5 Å². The lowest BCUT2D eigenvalue weighted by Gasteiger charge is -2.37. The van der Waals surface area contributed by atoms with Crippen molar-refractivity contribution in [1.29, 1.82) is 0 Å². The Labute approximate surface area is 237 Å². The summed E-state index contributed by atoms with van der Waals surface area (Å²) in [4.78, 5) is 47.4. The summed E-state index contributed by atoms with van der Waals surface area (Å²) in [6.45, 7) is 13.5. The van der Waals surface area contributed by atoms with E-state index in [-0.39, 0.29) is 37.4 Å². The van der Waals surface area contributed by atoms with Gasteiger partial charge in [0.25, 0.3) is 0 Å². The van der Waals surface area contributed by atoms with Crippen LogP contribution in [0.2, 0.25) is 0 Å². The molecule has 0 radical (unpaired) electrons. The first kappa shape index (κ1) is 29.8. The normalized spacial score (nSPS) is 26.5. The van der Waals surface area contributed by atoms with E-state index in [0.717, 1.165) is 12.8 Å². The molecule has 3 aliphatic heterocycles. The molecule has 0 aliphatic carbocycles. The SMILES string of the molecule is C=CCN(CCCC)C(=O)C1N(CCCO)C(=O)[C@@H]2[C@@H](C(=O)N(CC=C)c3ccc(OCC)cc3)[C@H]3CCC12O3. The van der Waals surface area contributed by atoms with Crippen LogP contribution in [0.5, 0.6) is 5.75 Å². The fourth-order valence-electron chi connectivity index (χ4n) is 6.69. The van der Waals surface area contributed by atoms with Crippen molar-refractivity contribution in [1.82, 2.24) is 9.80 Å². The van der Waals surface area contributed by atoms with Crippen molar-refractivity contribution in [3.8, 4) is 5.75 Å². The van der Waals surface area contributed by atoms with Crippen molar-refractivity contribution in [3.05, 3.63) is 49.6 Å². The highest BCUT2D eigenvalue weighted by atomic mass is 16.5. The molecular formula is C31H43N3O6. The Balaban J connectivity index is 1.69. The van der Waals surface area contributed by atoms with Gasteiger partial charge >= 0.3 is 0 Å². The number of likely N-dealkylation sites (tertiary alicyclic amines) is 1. The van der Waals surface area contributed by atoms with Crippen LogP contribution in [0.15, 0.2) is 49.6 Å². The highest BCUT2D eigenvalue weighted by Gasteiger charge is 2.74.